The third-order valence-corrected chi connectivity index (χ3v) is 4.08. The van der Waals surface area contributed by atoms with Gasteiger partial charge in [0, 0.05) is 38.1 Å². The summed E-state index contributed by atoms with van der Waals surface area (Å²) in [6.45, 7) is 10.6. The van der Waals surface area contributed by atoms with Crippen molar-refractivity contribution in [2.45, 2.75) is 52.5 Å². The number of halogens is 1. The number of unbranched alkanes of at least 4 members (excludes halogenated alkanes) is 1. The van der Waals surface area contributed by atoms with E-state index in [9.17, 15) is 4.79 Å². The van der Waals surface area contributed by atoms with Crippen LogP contribution >= 0.6 is 24.0 Å². The lowest BCUT2D eigenvalue weighted by Gasteiger charge is -2.20. The van der Waals surface area contributed by atoms with E-state index in [1.165, 1.54) is 0 Å². The zero-order valence-electron chi connectivity index (χ0n) is 15.7. The Morgan fingerprint density at radius 1 is 1.17 bits per heavy atom. The lowest BCUT2D eigenvalue weighted by molar-refractivity contribution is -0.122. The highest BCUT2D eigenvalue weighted by Gasteiger charge is 2.28. The number of carbonyl (C=O) groups excluding carboxylic acids is 1. The Morgan fingerprint density at radius 3 is 2.42 bits per heavy atom. The molecule has 0 aliphatic heterocycles. The molecule has 24 heavy (non-hydrogen) atoms. The molecule has 1 aliphatic carbocycles. The van der Waals surface area contributed by atoms with E-state index >= 15 is 0 Å². The third kappa shape index (κ3) is 11.1. The highest BCUT2D eigenvalue weighted by Crippen LogP contribution is 2.28. The molecule has 0 heterocycles. The fourth-order valence-electron chi connectivity index (χ4n) is 2.12. The SMILES string of the molecule is CCNC(=NCCCCN(C)C(C)C)NCCNC(=O)C1CC1.I. The quantitative estimate of drug-likeness (QED) is 0.193. The van der Waals surface area contributed by atoms with E-state index in [-0.39, 0.29) is 35.8 Å². The van der Waals surface area contributed by atoms with Crippen molar-refractivity contribution in [3.63, 3.8) is 0 Å². The number of nitrogens with one attached hydrogen (secondary N) is 3. The molecule has 0 aromatic heterocycles. The first-order valence-electron chi connectivity index (χ1n) is 9.04. The van der Waals surface area contributed by atoms with Gasteiger partial charge in [0.1, 0.15) is 0 Å². The maximum atomic E-state index is 11.5. The van der Waals surface area contributed by atoms with Crippen molar-refractivity contribution in [2.75, 3.05) is 39.8 Å². The van der Waals surface area contributed by atoms with Gasteiger partial charge in [-0.05, 0) is 60.0 Å². The highest BCUT2D eigenvalue weighted by molar-refractivity contribution is 14.0. The van der Waals surface area contributed by atoms with Gasteiger partial charge in [0.2, 0.25) is 5.91 Å². The van der Waals surface area contributed by atoms with E-state index in [0.717, 1.165) is 51.3 Å². The van der Waals surface area contributed by atoms with Crippen LogP contribution in [0.15, 0.2) is 4.99 Å². The number of aliphatic imine (C=N–C) groups is 1. The van der Waals surface area contributed by atoms with E-state index in [4.69, 9.17) is 0 Å². The first-order valence-corrected chi connectivity index (χ1v) is 9.04. The molecule has 1 aliphatic rings. The van der Waals surface area contributed by atoms with Crippen LogP contribution in [0.2, 0.25) is 0 Å². The molecule has 7 heteroatoms. The van der Waals surface area contributed by atoms with E-state index < -0.39 is 0 Å². The van der Waals surface area contributed by atoms with Gasteiger partial charge >= 0.3 is 0 Å². The highest BCUT2D eigenvalue weighted by atomic mass is 127. The van der Waals surface area contributed by atoms with Gasteiger partial charge in [-0.1, -0.05) is 0 Å². The number of hydrogen-bond acceptors (Lipinski definition) is 3. The number of amides is 1. The second kappa shape index (κ2) is 13.7. The molecule has 1 rings (SSSR count). The molecular weight excluding hydrogens is 417 g/mol. The molecule has 142 valence electrons. The number of carbonyl (C=O) groups is 1. The molecular formula is C17H36IN5O. The number of nitrogens with zero attached hydrogens (tertiary/aromatic N) is 2. The van der Waals surface area contributed by atoms with Crippen molar-refractivity contribution in [3.8, 4) is 0 Å². The molecule has 0 bridgehead atoms. The molecule has 6 nitrogen and oxygen atoms in total. The molecule has 0 atom stereocenters. The lowest BCUT2D eigenvalue weighted by atomic mass is 10.2. The van der Waals surface area contributed by atoms with Crippen molar-refractivity contribution in [1.82, 2.24) is 20.9 Å². The van der Waals surface area contributed by atoms with Crippen molar-refractivity contribution < 1.29 is 4.79 Å². The fraction of sp³-hybridized carbons (Fsp3) is 0.882. The molecule has 0 spiro atoms. The summed E-state index contributed by atoms with van der Waals surface area (Å²) in [5.41, 5.74) is 0. The van der Waals surface area contributed by atoms with Gasteiger partial charge < -0.3 is 20.9 Å². The van der Waals surface area contributed by atoms with Crippen molar-refractivity contribution in [1.29, 1.82) is 0 Å². The van der Waals surface area contributed by atoms with Crippen LogP contribution in [0, 0.1) is 5.92 Å². The van der Waals surface area contributed by atoms with Gasteiger partial charge in [-0.2, -0.15) is 0 Å². The van der Waals surface area contributed by atoms with Gasteiger partial charge in [-0.3, -0.25) is 9.79 Å². The summed E-state index contributed by atoms with van der Waals surface area (Å²) in [5.74, 6) is 1.31. The van der Waals surface area contributed by atoms with Crippen LogP contribution in [-0.4, -0.2) is 62.6 Å². The molecule has 1 amide bonds. The van der Waals surface area contributed by atoms with Crippen LogP contribution in [0.1, 0.15) is 46.5 Å². The summed E-state index contributed by atoms with van der Waals surface area (Å²) in [6, 6.07) is 0.600. The van der Waals surface area contributed by atoms with Gasteiger partial charge in [-0.15, -0.1) is 24.0 Å². The largest absolute Gasteiger partial charge is 0.357 e. The normalized spacial score (nSPS) is 14.5. The molecule has 0 aromatic rings. The summed E-state index contributed by atoms with van der Waals surface area (Å²) in [4.78, 5) is 18.5. The predicted molar refractivity (Wildman–Crippen MR) is 112 cm³/mol. The molecule has 0 aromatic carbocycles. The number of hydrogen-bond donors (Lipinski definition) is 3. The van der Waals surface area contributed by atoms with Gasteiger partial charge in [0.25, 0.3) is 0 Å². The van der Waals surface area contributed by atoms with E-state index in [1.807, 2.05) is 0 Å². The van der Waals surface area contributed by atoms with Crippen LogP contribution in [0.4, 0.5) is 0 Å². The van der Waals surface area contributed by atoms with E-state index in [0.29, 0.717) is 19.1 Å². The summed E-state index contributed by atoms with van der Waals surface area (Å²) >= 11 is 0. The minimum absolute atomic E-state index is 0. The van der Waals surface area contributed by atoms with Crippen molar-refractivity contribution in [3.05, 3.63) is 0 Å². The Kier molecular flexibility index (Phi) is 13.4. The zero-order chi connectivity index (χ0) is 17.1. The molecule has 0 radical (unpaired) electrons. The number of rotatable bonds is 11. The minimum atomic E-state index is 0. The first-order chi connectivity index (χ1) is 11.0. The lowest BCUT2D eigenvalue weighted by Crippen LogP contribution is -2.41. The smallest absolute Gasteiger partial charge is 0.223 e. The maximum absolute atomic E-state index is 11.5. The Morgan fingerprint density at radius 2 is 1.83 bits per heavy atom. The second-order valence-corrected chi connectivity index (χ2v) is 6.53. The van der Waals surface area contributed by atoms with Crippen LogP contribution in [0.3, 0.4) is 0 Å². The van der Waals surface area contributed by atoms with Gasteiger partial charge in [-0.25, -0.2) is 0 Å². The topological polar surface area (TPSA) is 68.8 Å². The summed E-state index contributed by atoms with van der Waals surface area (Å²) < 4.78 is 0. The van der Waals surface area contributed by atoms with Crippen molar-refractivity contribution in [2.24, 2.45) is 10.9 Å². The van der Waals surface area contributed by atoms with Gasteiger partial charge in [0.15, 0.2) is 5.96 Å². The zero-order valence-corrected chi connectivity index (χ0v) is 18.1. The van der Waals surface area contributed by atoms with Crippen LogP contribution in [0.5, 0.6) is 0 Å². The Labute approximate surface area is 164 Å². The molecule has 0 unspecified atom stereocenters. The van der Waals surface area contributed by atoms with Gasteiger partial charge in [0.05, 0.1) is 0 Å². The van der Waals surface area contributed by atoms with Crippen LogP contribution in [-0.2, 0) is 4.79 Å². The Hall–Kier alpha value is -0.570. The summed E-state index contributed by atoms with van der Waals surface area (Å²) in [7, 11) is 2.16. The maximum Gasteiger partial charge on any atom is 0.223 e. The standard InChI is InChI=1S/C17H35N5O.HI/c1-5-18-17(20-10-6-7-13-22(4)14(2)3)21-12-11-19-16(23)15-8-9-15;/h14-15H,5-13H2,1-4H3,(H,19,23)(H2,18,20,21);1H. The molecule has 1 saturated carbocycles. The summed E-state index contributed by atoms with van der Waals surface area (Å²) in [6.07, 6.45) is 4.35. The molecule has 0 saturated heterocycles. The molecule has 3 N–H and O–H groups in total. The van der Waals surface area contributed by atoms with Crippen LogP contribution in [0.25, 0.3) is 0 Å². The Bertz CT molecular complexity index is 372. The first kappa shape index (κ1) is 23.4. The van der Waals surface area contributed by atoms with E-state index in [2.05, 4.69) is 53.7 Å². The fourth-order valence-corrected chi connectivity index (χ4v) is 2.12. The predicted octanol–water partition coefficient (Wildman–Crippen LogP) is 1.81. The average Bonchev–Trinajstić information content (AvgIpc) is 3.35. The van der Waals surface area contributed by atoms with E-state index in [1.54, 1.807) is 0 Å². The average molecular weight is 453 g/mol. The Balaban J connectivity index is 0.00000529. The monoisotopic (exact) mass is 453 g/mol. The summed E-state index contributed by atoms with van der Waals surface area (Å²) in [5, 5.41) is 9.46. The van der Waals surface area contributed by atoms with Crippen molar-refractivity contribution >= 4 is 35.8 Å². The number of guanidine groups is 1. The minimum Gasteiger partial charge on any atom is -0.357 e. The molecule has 1 fully saturated rings. The van der Waals surface area contributed by atoms with Crippen LogP contribution < -0.4 is 16.0 Å². The third-order valence-electron chi connectivity index (χ3n) is 4.08. The second-order valence-electron chi connectivity index (χ2n) is 6.53.